The van der Waals surface area contributed by atoms with Crippen molar-refractivity contribution >= 4 is 29.0 Å². The molecule has 0 spiro atoms. The Morgan fingerprint density at radius 1 is 1.03 bits per heavy atom. The lowest BCUT2D eigenvalue weighted by Crippen LogP contribution is -2.36. The normalized spacial score (nSPS) is 13.4. The largest absolute Gasteiger partial charge is 0.494 e. The number of rotatable bonds is 9. The topological polar surface area (TPSA) is 88.6 Å². The Balaban J connectivity index is 1.35. The van der Waals surface area contributed by atoms with Crippen molar-refractivity contribution in [3.05, 3.63) is 65.9 Å². The number of aryl methyl sites for hydroxylation is 1. The molecule has 0 aliphatic carbocycles. The first-order chi connectivity index (χ1) is 16.6. The van der Waals surface area contributed by atoms with Gasteiger partial charge in [-0.05, 0) is 61.9 Å². The van der Waals surface area contributed by atoms with Gasteiger partial charge in [-0.3, -0.25) is 4.79 Å². The maximum Gasteiger partial charge on any atom is 0.255 e. The quantitative estimate of drug-likeness (QED) is 0.443. The van der Waals surface area contributed by atoms with Crippen LogP contribution in [0, 0.1) is 6.92 Å². The molecule has 178 valence electrons. The molecule has 34 heavy (non-hydrogen) atoms. The molecular weight excluding hydrogens is 430 g/mol. The van der Waals surface area contributed by atoms with E-state index in [4.69, 9.17) is 9.47 Å². The van der Waals surface area contributed by atoms with E-state index in [9.17, 15) is 4.79 Å². The number of nitrogens with zero attached hydrogens (tertiary/aromatic N) is 3. The van der Waals surface area contributed by atoms with Crippen LogP contribution in [0.4, 0.5) is 23.1 Å². The summed E-state index contributed by atoms with van der Waals surface area (Å²) in [5.74, 6) is 2.04. The number of unbranched alkanes of at least 4 members (excludes halogenated alkanes) is 1. The molecule has 8 nitrogen and oxygen atoms in total. The van der Waals surface area contributed by atoms with Crippen molar-refractivity contribution in [1.82, 2.24) is 9.97 Å². The van der Waals surface area contributed by atoms with Crippen LogP contribution < -0.4 is 20.3 Å². The summed E-state index contributed by atoms with van der Waals surface area (Å²) in [4.78, 5) is 24.0. The number of anilines is 4. The second-order valence-electron chi connectivity index (χ2n) is 8.17. The highest BCUT2D eigenvalue weighted by molar-refractivity contribution is 6.04. The number of aromatic nitrogens is 2. The van der Waals surface area contributed by atoms with E-state index in [1.165, 1.54) is 0 Å². The van der Waals surface area contributed by atoms with Gasteiger partial charge in [0.05, 0.1) is 19.8 Å². The summed E-state index contributed by atoms with van der Waals surface area (Å²) >= 11 is 0. The van der Waals surface area contributed by atoms with Crippen LogP contribution in [0.1, 0.15) is 35.8 Å². The minimum absolute atomic E-state index is 0.169. The monoisotopic (exact) mass is 461 g/mol. The summed E-state index contributed by atoms with van der Waals surface area (Å²) in [6, 6.07) is 16.7. The van der Waals surface area contributed by atoms with Gasteiger partial charge in [0.15, 0.2) is 0 Å². The molecule has 0 saturated carbocycles. The predicted molar refractivity (Wildman–Crippen MR) is 134 cm³/mol. The molecule has 0 unspecified atom stereocenters. The van der Waals surface area contributed by atoms with Gasteiger partial charge < -0.3 is 25.0 Å². The van der Waals surface area contributed by atoms with Crippen LogP contribution in [0.2, 0.25) is 0 Å². The summed E-state index contributed by atoms with van der Waals surface area (Å²) in [5, 5.41) is 6.18. The van der Waals surface area contributed by atoms with Gasteiger partial charge in [0.25, 0.3) is 5.91 Å². The molecule has 0 radical (unpaired) electrons. The summed E-state index contributed by atoms with van der Waals surface area (Å²) < 4.78 is 11.1. The molecule has 1 saturated heterocycles. The number of morpholine rings is 1. The average Bonchev–Trinajstić information content (AvgIpc) is 2.86. The van der Waals surface area contributed by atoms with Crippen molar-refractivity contribution in [2.45, 2.75) is 26.7 Å². The number of hydrogen-bond donors (Lipinski definition) is 2. The highest BCUT2D eigenvalue weighted by atomic mass is 16.5. The number of amides is 1. The Labute approximate surface area is 200 Å². The van der Waals surface area contributed by atoms with Gasteiger partial charge in [-0.25, -0.2) is 4.98 Å². The number of hydrogen-bond acceptors (Lipinski definition) is 7. The van der Waals surface area contributed by atoms with Crippen molar-refractivity contribution < 1.29 is 14.3 Å². The maximum absolute atomic E-state index is 12.6. The van der Waals surface area contributed by atoms with Crippen LogP contribution in [0.5, 0.6) is 5.75 Å². The smallest absolute Gasteiger partial charge is 0.255 e. The Morgan fingerprint density at radius 3 is 2.44 bits per heavy atom. The zero-order valence-corrected chi connectivity index (χ0v) is 19.7. The van der Waals surface area contributed by atoms with Crippen molar-refractivity contribution in [2.75, 3.05) is 48.4 Å². The first-order valence-corrected chi connectivity index (χ1v) is 11.7. The van der Waals surface area contributed by atoms with Crippen molar-refractivity contribution in [2.24, 2.45) is 0 Å². The highest BCUT2D eigenvalue weighted by Crippen LogP contribution is 2.21. The number of carbonyl (C=O) groups is 1. The lowest BCUT2D eigenvalue weighted by atomic mass is 10.2. The molecule has 0 atom stereocenters. The summed E-state index contributed by atoms with van der Waals surface area (Å²) in [7, 11) is 0. The fourth-order valence-electron chi connectivity index (χ4n) is 3.57. The van der Waals surface area contributed by atoms with Gasteiger partial charge in [0.2, 0.25) is 5.95 Å². The van der Waals surface area contributed by atoms with E-state index in [0.29, 0.717) is 37.0 Å². The van der Waals surface area contributed by atoms with E-state index in [0.717, 1.165) is 48.9 Å². The Bertz CT molecular complexity index is 1080. The van der Waals surface area contributed by atoms with Gasteiger partial charge in [-0.15, -0.1) is 0 Å². The molecule has 1 aliphatic rings. The number of nitrogens with one attached hydrogen (secondary N) is 2. The molecule has 1 aliphatic heterocycles. The van der Waals surface area contributed by atoms with Crippen molar-refractivity contribution in [3.63, 3.8) is 0 Å². The highest BCUT2D eigenvalue weighted by Gasteiger charge is 2.14. The fraction of sp³-hybridized carbons (Fsp3) is 0.346. The molecule has 2 aromatic carbocycles. The SMILES string of the molecule is CCCCOc1ccc(C(=O)Nc2ccc(Nc3nc(C)cc(N4CCOCC4)n3)cc2)cc1. The molecule has 8 heteroatoms. The van der Waals surface area contributed by atoms with Crippen LogP contribution in [0.25, 0.3) is 0 Å². The zero-order valence-electron chi connectivity index (χ0n) is 19.7. The van der Waals surface area contributed by atoms with E-state index < -0.39 is 0 Å². The van der Waals surface area contributed by atoms with Crippen LogP contribution in [-0.2, 0) is 4.74 Å². The van der Waals surface area contributed by atoms with Crippen molar-refractivity contribution in [3.8, 4) is 5.75 Å². The molecule has 3 aromatic rings. The van der Waals surface area contributed by atoms with Gasteiger partial charge in [0, 0.05) is 41.8 Å². The van der Waals surface area contributed by atoms with E-state index in [-0.39, 0.29) is 5.91 Å². The number of carbonyl (C=O) groups excluding carboxylic acids is 1. The first kappa shape index (κ1) is 23.5. The van der Waals surface area contributed by atoms with Gasteiger partial charge >= 0.3 is 0 Å². The molecule has 2 N–H and O–H groups in total. The lowest BCUT2D eigenvalue weighted by Gasteiger charge is -2.28. The number of ether oxygens (including phenoxy) is 2. The summed E-state index contributed by atoms with van der Waals surface area (Å²) in [6.45, 7) is 7.81. The van der Waals surface area contributed by atoms with Gasteiger partial charge in [-0.1, -0.05) is 13.3 Å². The van der Waals surface area contributed by atoms with E-state index in [1.54, 1.807) is 12.1 Å². The minimum atomic E-state index is -0.169. The Kier molecular flexibility index (Phi) is 7.93. The molecule has 1 fully saturated rings. The van der Waals surface area contributed by atoms with Gasteiger partial charge in [-0.2, -0.15) is 4.98 Å². The van der Waals surface area contributed by atoms with Crippen LogP contribution in [-0.4, -0.2) is 48.8 Å². The molecule has 1 amide bonds. The predicted octanol–water partition coefficient (Wildman–Crippen LogP) is 4.80. The summed E-state index contributed by atoms with van der Waals surface area (Å²) in [5.41, 5.74) is 3.02. The van der Waals surface area contributed by atoms with E-state index in [1.807, 2.05) is 49.4 Å². The summed E-state index contributed by atoms with van der Waals surface area (Å²) in [6.07, 6.45) is 2.10. The lowest BCUT2D eigenvalue weighted by molar-refractivity contribution is 0.102. The van der Waals surface area contributed by atoms with E-state index in [2.05, 4.69) is 32.4 Å². The van der Waals surface area contributed by atoms with E-state index >= 15 is 0 Å². The number of benzene rings is 2. The van der Waals surface area contributed by atoms with Crippen molar-refractivity contribution in [1.29, 1.82) is 0 Å². The third-order valence-electron chi connectivity index (χ3n) is 5.46. The molecule has 4 rings (SSSR count). The minimum Gasteiger partial charge on any atom is -0.494 e. The standard InChI is InChI=1S/C26H31N5O3/c1-3-4-15-34-23-11-5-20(6-12-23)25(32)28-21-7-9-22(10-8-21)29-26-27-19(2)18-24(30-26)31-13-16-33-17-14-31/h5-12,18H,3-4,13-17H2,1-2H3,(H,28,32)(H,27,29,30). The molecule has 0 bridgehead atoms. The Morgan fingerprint density at radius 2 is 1.74 bits per heavy atom. The van der Waals surface area contributed by atoms with Crippen LogP contribution >= 0.6 is 0 Å². The molecule has 1 aromatic heterocycles. The second kappa shape index (κ2) is 11.5. The Hall–Kier alpha value is -3.65. The zero-order chi connectivity index (χ0) is 23.8. The second-order valence-corrected chi connectivity index (χ2v) is 8.17. The van der Waals surface area contributed by atoms with Crippen LogP contribution in [0.3, 0.4) is 0 Å². The molecular formula is C26H31N5O3. The maximum atomic E-state index is 12.6. The first-order valence-electron chi connectivity index (χ1n) is 11.7. The third-order valence-corrected chi connectivity index (χ3v) is 5.46. The fourth-order valence-corrected chi connectivity index (χ4v) is 3.57. The molecule has 2 heterocycles. The van der Waals surface area contributed by atoms with Crippen LogP contribution in [0.15, 0.2) is 54.6 Å². The third kappa shape index (κ3) is 6.45. The van der Waals surface area contributed by atoms with Gasteiger partial charge in [0.1, 0.15) is 11.6 Å². The average molecular weight is 462 g/mol.